The Balaban J connectivity index is 2.42. The minimum absolute atomic E-state index is 0.0952. The van der Waals surface area contributed by atoms with Gasteiger partial charge in [-0.25, -0.2) is 4.79 Å². The van der Waals surface area contributed by atoms with E-state index in [0.717, 1.165) is 25.7 Å². The molecular weight excluding hydrogens is 238 g/mol. The Morgan fingerprint density at radius 3 is 2.72 bits per heavy atom. The molecule has 0 bridgehead atoms. The van der Waals surface area contributed by atoms with Gasteiger partial charge < -0.3 is 20.3 Å². The molecule has 1 amide bonds. The molecule has 6 heteroatoms. The monoisotopic (exact) mass is 259 g/mol. The van der Waals surface area contributed by atoms with Gasteiger partial charge in [-0.2, -0.15) is 0 Å². The third kappa shape index (κ3) is 4.62. The summed E-state index contributed by atoms with van der Waals surface area (Å²) in [6, 6.07) is 0. The van der Waals surface area contributed by atoms with Crippen LogP contribution in [0.5, 0.6) is 0 Å². The van der Waals surface area contributed by atoms with E-state index >= 15 is 0 Å². The van der Waals surface area contributed by atoms with Crippen molar-refractivity contribution in [3.05, 3.63) is 0 Å². The molecule has 0 aromatic carbocycles. The van der Waals surface area contributed by atoms with Crippen molar-refractivity contribution in [2.45, 2.75) is 38.1 Å². The minimum atomic E-state index is -1.11. The van der Waals surface area contributed by atoms with E-state index in [0.29, 0.717) is 5.92 Å². The van der Waals surface area contributed by atoms with E-state index in [-0.39, 0.29) is 19.1 Å². The van der Waals surface area contributed by atoms with Crippen molar-refractivity contribution in [2.24, 2.45) is 5.92 Å². The Morgan fingerprint density at radius 2 is 2.17 bits per heavy atom. The summed E-state index contributed by atoms with van der Waals surface area (Å²) in [5, 5.41) is 20.6. The molecule has 1 aliphatic carbocycles. The third-order valence-electron chi connectivity index (χ3n) is 3.26. The fraction of sp³-hybridized carbons (Fsp3) is 0.833. The highest BCUT2D eigenvalue weighted by Crippen LogP contribution is 2.31. The zero-order valence-electron chi connectivity index (χ0n) is 10.6. The maximum Gasteiger partial charge on any atom is 0.329 e. The van der Waals surface area contributed by atoms with E-state index in [9.17, 15) is 14.7 Å². The average Bonchev–Trinajstić information content (AvgIpc) is 2.28. The van der Waals surface area contributed by atoms with Gasteiger partial charge in [-0.1, -0.05) is 19.8 Å². The molecule has 3 N–H and O–H groups in total. The van der Waals surface area contributed by atoms with Crippen molar-refractivity contribution >= 4 is 11.9 Å². The number of ether oxygens (including phenoxy) is 1. The van der Waals surface area contributed by atoms with Crippen LogP contribution in [0, 0.1) is 5.92 Å². The summed E-state index contributed by atoms with van der Waals surface area (Å²) in [5.41, 5.74) is -0.568. The van der Waals surface area contributed by atoms with Crippen LogP contribution in [-0.4, -0.2) is 47.4 Å². The van der Waals surface area contributed by atoms with E-state index in [1.165, 1.54) is 0 Å². The summed E-state index contributed by atoms with van der Waals surface area (Å²) >= 11 is 0. The highest BCUT2D eigenvalue weighted by molar-refractivity contribution is 5.78. The van der Waals surface area contributed by atoms with Gasteiger partial charge in [0.1, 0.15) is 13.2 Å². The summed E-state index contributed by atoms with van der Waals surface area (Å²) in [6.07, 6.45) is 3.57. The number of carboxylic acid groups (broad SMARTS) is 1. The molecule has 0 aliphatic heterocycles. The Kier molecular flexibility index (Phi) is 5.55. The zero-order chi connectivity index (χ0) is 13.6. The fourth-order valence-corrected chi connectivity index (χ4v) is 2.52. The SMILES string of the molecule is CC1CCCC(CO)(NC(=O)COCC(=O)O)C1. The molecule has 0 heterocycles. The maximum absolute atomic E-state index is 11.6. The Labute approximate surface area is 106 Å². The number of carboxylic acids is 1. The first-order chi connectivity index (χ1) is 8.47. The van der Waals surface area contributed by atoms with Crippen LogP contribution in [0.4, 0.5) is 0 Å². The lowest BCUT2D eigenvalue weighted by atomic mass is 9.77. The molecule has 0 radical (unpaired) electrons. The number of rotatable bonds is 6. The van der Waals surface area contributed by atoms with Gasteiger partial charge in [0.2, 0.25) is 5.91 Å². The number of hydrogen-bond donors (Lipinski definition) is 3. The van der Waals surface area contributed by atoms with Crippen molar-refractivity contribution in [1.82, 2.24) is 5.32 Å². The van der Waals surface area contributed by atoms with Crippen LogP contribution in [0.25, 0.3) is 0 Å². The molecule has 6 nitrogen and oxygen atoms in total. The first-order valence-corrected chi connectivity index (χ1v) is 6.19. The van der Waals surface area contributed by atoms with Gasteiger partial charge >= 0.3 is 5.97 Å². The van der Waals surface area contributed by atoms with Gasteiger partial charge in [-0.05, 0) is 18.8 Å². The molecule has 1 rings (SSSR count). The maximum atomic E-state index is 11.6. The number of hydrogen-bond acceptors (Lipinski definition) is 4. The van der Waals surface area contributed by atoms with Gasteiger partial charge in [-0.3, -0.25) is 4.79 Å². The second-order valence-electron chi connectivity index (χ2n) is 5.07. The summed E-state index contributed by atoms with van der Waals surface area (Å²) in [4.78, 5) is 21.9. The number of amides is 1. The highest BCUT2D eigenvalue weighted by atomic mass is 16.5. The van der Waals surface area contributed by atoms with E-state index in [1.807, 2.05) is 0 Å². The van der Waals surface area contributed by atoms with Crippen molar-refractivity contribution in [1.29, 1.82) is 0 Å². The van der Waals surface area contributed by atoms with E-state index in [4.69, 9.17) is 9.84 Å². The Morgan fingerprint density at radius 1 is 1.44 bits per heavy atom. The van der Waals surface area contributed by atoms with Crippen LogP contribution in [0.2, 0.25) is 0 Å². The first kappa shape index (κ1) is 14.9. The quantitative estimate of drug-likeness (QED) is 0.631. The largest absolute Gasteiger partial charge is 0.480 e. The van der Waals surface area contributed by atoms with Crippen molar-refractivity contribution in [2.75, 3.05) is 19.8 Å². The highest BCUT2D eigenvalue weighted by Gasteiger charge is 2.35. The van der Waals surface area contributed by atoms with Gasteiger partial charge in [0, 0.05) is 0 Å². The normalized spacial score (nSPS) is 27.8. The first-order valence-electron chi connectivity index (χ1n) is 6.19. The third-order valence-corrected chi connectivity index (χ3v) is 3.26. The van der Waals surface area contributed by atoms with Gasteiger partial charge in [0.15, 0.2) is 0 Å². The standard InChI is InChI=1S/C12H21NO5/c1-9-3-2-4-12(5-9,8-14)13-10(15)6-18-7-11(16)17/h9,14H,2-8H2,1H3,(H,13,15)(H,16,17). The zero-order valence-corrected chi connectivity index (χ0v) is 10.6. The minimum Gasteiger partial charge on any atom is -0.480 e. The molecule has 0 spiro atoms. The molecule has 0 aromatic rings. The number of nitrogens with one attached hydrogen (secondary N) is 1. The van der Waals surface area contributed by atoms with E-state index in [2.05, 4.69) is 12.2 Å². The molecule has 18 heavy (non-hydrogen) atoms. The van der Waals surface area contributed by atoms with Crippen molar-refractivity contribution in [3.63, 3.8) is 0 Å². The second-order valence-corrected chi connectivity index (χ2v) is 5.07. The van der Waals surface area contributed by atoms with Crippen LogP contribution >= 0.6 is 0 Å². The van der Waals surface area contributed by atoms with Gasteiger partial charge in [0.05, 0.1) is 12.1 Å². The number of aliphatic carboxylic acids is 1. The lowest BCUT2D eigenvalue weighted by Crippen LogP contribution is -2.54. The second kappa shape index (κ2) is 6.70. The van der Waals surface area contributed by atoms with Crippen LogP contribution in [0.15, 0.2) is 0 Å². The van der Waals surface area contributed by atoms with Crippen LogP contribution in [0.3, 0.4) is 0 Å². The summed E-state index contributed by atoms with van der Waals surface area (Å²) in [7, 11) is 0. The molecule has 1 saturated carbocycles. The topological polar surface area (TPSA) is 95.9 Å². The van der Waals surface area contributed by atoms with E-state index < -0.39 is 18.1 Å². The Bertz CT molecular complexity index is 307. The Hall–Kier alpha value is -1.14. The molecule has 0 saturated heterocycles. The predicted octanol–water partition coefficient (Wildman–Crippen LogP) is 0.145. The number of aliphatic hydroxyl groups excluding tert-OH is 1. The van der Waals surface area contributed by atoms with Crippen molar-refractivity contribution in [3.8, 4) is 0 Å². The summed E-state index contributed by atoms with van der Waals surface area (Å²) < 4.78 is 4.72. The molecule has 104 valence electrons. The van der Waals surface area contributed by atoms with E-state index in [1.54, 1.807) is 0 Å². The lowest BCUT2D eigenvalue weighted by molar-refractivity contribution is -0.144. The summed E-state index contributed by atoms with van der Waals surface area (Å²) in [5.74, 6) is -1.02. The van der Waals surface area contributed by atoms with Crippen molar-refractivity contribution < 1.29 is 24.5 Å². The van der Waals surface area contributed by atoms with Crippen LogP contribution < -0.4 is 5.32 Å². The fourth-order valence-electron chi connectivity index (χ4n) is 2.52. The van der Waals surface area contributed by atoms with Gasteiger partial charge in [-0.15, -0.1) is 0 Å². The molecule has 1 fully saturated rings. The predicted molar refractivity (Wildman–Crippen MR) is 64.0 cm³/mol. The van der Waals surface area contributed by atoms with Gasteiger partial charge in [0.25, 0.3) is 0 Å². The summed E-state index contributed by atoms with van der Waals surface area (Å²) in [6.45, 7) is 1.22. The van der Waals surface area contributed by atoms with Crippen LogP contribution in [-0.2, 0) is 14.3 Å². The smallest absolute Gasteiger partial charge is 0.329 e. The number of carbonyl (C=O) groups is 2. The molecule has 1 aliphatic rings. The molecular formula is C12H21NO5. The number of aliphatic hydroxyl groups is 1. The molecule has 2 unspecified atom stereocenters. The van der Waals surface area contributed by atoms with Crippen LogP contribution in [0.1, 0.15) is 32.6 Å². The molecule has 0 aromatic heterocycles. The lowest BCUT2D eigenvalue weighted by Gasteiger charge is -2.39. The number of carbonyl (C=O) groups excluding carboxylic acids is 1. The average molecular weight is 259 g/mol. The molecule has 2 atom stereocenters.